The van der Waals surface area contributed by atoms with Crippen LogP contribution < -0.4 is 0 Å². The van der Waals surface area contributed by atoms with Crippen molar-refractivity contribution >= 4 is 11.9 Å². The van der Waals surface area contributed by atoms with Gasteiger partial charge in [-0.2, -0.15) is 0 Å². The molecule has 0 saturated carbocycles. The molecule has 0 fully saturated rings. The Hall–Kier alpha value is -1.32. The molecular weight excluding hydrogens is 304 g/mol. The molecule has 140 valence electrons. The number of carbonyl (C=O) groups is 2. The summed E-state index contributed by atoms with van der Waals surface area (Å²) in [6, 6.07) is 0. The molecule has 0 aromatic rings. The molecule has 0 aromatic carbocycles. The van der Waals surface area contributed by atoms with Crippen LogP contribution in [0.4, 0.5) is 0 Å². The first-order chi connectivity index (χ1) is 10.3. The summed E-state index contributed by atoms with van der Waals surface area (Å²) in [5.41, 5.74) is -1.65. The molecule has 4 nitrogen and oxygen atoms in total. The zero-order chi connectivity index (χ0) is 19.7. The minimum absolute atomic E-state index is 0.0270. The van der Waals surface area contributed by atoms with Crippen molar-refractivity contribution in [3.63, 3.8) is 0 Å². The fraction of sp³-hybridized carbons (Fsp3) is 0.800. The highest BCUT2D eigenvalue weighted by Crippen LogP contribution is 2.46. The second kappa shape index (κ2) is 6.89. The molecule has 0 radical (unpaired) electrons. The molecule has 24 heavy (non-hydrogen) atoms. The van der Waals surface area contributed by atoms with Crippen LogP contribution in [-0.4, -0.2) is 22.2 Å². The van der Waals surface area contributed by atoms with Gasteiger partial charge in [0, 0.05) is 0 Å². The molecule has 0 heterocycles. The SMILES string of the molecule is CC(C)(C)CC(C)(C)C(C(=O)O)=C(C(=O)O)C(C)(C)CC(C)(C)C. The smallest absolute Gasteiger partial charge is 0.332 e. The lowest BCUT2D eigenvalue weighted by Gasteiger charge is -2.39. The standard InChI is InChI=1S/C20H36O4/c1-17(2,3)11-19(7,8)13(15(21)22)14(16(23)24)20(9,10)12-18(4,5)6/h11-12H2,1-10H3,(H,21,22)(H,23,24). The number of hydrogen-bond donors (Lipinski definition) is 2. The molecule has 0 aromatic heterocycles. The molecule has 0 bridgehead atoms. The molecule has 0 atom stereocenters. The van der Waals surface area contributed by atoms with Gasteiger partial charge in [-0.3, -0.25) is 0 Å². The van der Waals surface area contributed by atoms with E-state index < -0.39 is 22.8 Å². The molecule has 0 aliphatic rings. The Bertz CT molecular complexity index is 475. The van der Waals surface area contributed by atoms with E-state index >= 15 is 0 Å². The van der Waals surface area contributed by atoms with E-state index in [1.54, 1.807) is 0 Å². The van der Waals surface area contributed by atoms with Crippen molar-refractivity contribution in [1.82, 2.24) is 0 Å². The van der Waals surface area contributed by atoms with Gasteiger partial charge in [0.25, 0.3) is 0 Å². The topological polar surface area (TPSA) is 74.6 Å². The summed E-state index contributed by atoms with van der Waals surface area (Å²) >= 11 is 0. The maximum absolute atomic E-state index is 12.1. The Morgan fingerprint density at radius 2 is 0.792 bits per heavy atom. The van der Waals surface area contributed by atoms with Crippen LogP contribution in [-0.2, 0) is 9.59 Å². The van der Waals surface area contributed by atoms with Gasteiger partial charge in [0.2, 0.25) is 0 Å². The largest absolute Gasteiger partial charge is 0.478 e. The minimum Gasteiger partial charge on any atom is -0.478 e. The maximum atomic E-state index is 12.1. The molecule has 4 heteroatoms. The fourth-order valence-electron chi connectivity index (χ4n) is 4.30. The normalized spacial score (nSPS) is 15.1. The van der Waals surface area contributed by atoms with Crippen LogP contribution in [0.2, 0.25) is 0 Å². The van der Waals surface area contributed by atoms with E-state index in [9.17, 15) is 19.8 Å². The highest BCUT2D eigenvalue weighted by Gasteiger charge is 2.43. The quantitative estimate of drug-likeness (QED) is 0.637. The second-order valence-electron chi connectivity index (χ2n) is 10.6. The molecule has 0 saturated heterocycles. The third-order valence-corrected chi connectivity index (χ3v) is 3.98. The average molecular weight is 341 g/mol. The van der Waals surface area contributed by atoms with Gasteiger partial charge >= 0.3 is 11.9 Å². The zero-order valence-electron chi connectivity index (χ0n) is 17.1. The van der Waals surface area contributed by atoms with Crippen LogP contribution in [0.3, 0.4) is 0 Å². The Morgan fingerprint density at radius 1 is 0.583 bits per heavy atom. The van der Waals surface area contributed by atoms with Crippen molar-refractivity contribution in [2.75, 3.05) is 0 Å². The van der Waals surface area contributed by atoms with E-state index in [1.807, 2.05) is 69.2 Å². The first-order valence-corrected chi connectivity index (χ1v) is 8.52. The number of hydrogen-bond acceptors (Lipinski definition) is 2. The average Bonchev–Trinajstić information content (AvgIpc) is 2.16. The molecule has 0 spiro atoms. The van der Waals surface area contributed by atoms with Crippen LogP contribution in [0.1, 0.15) is 82.1 Å². The van der Waals surface area contributed by atoms with Gasteiger partial charge in [-0.15, -0.1) is 0 Å². The van der Waals surface area contributed by atoms with Gasteiger partial charge in [-0.05, 0) is 34.5 Å². The Balaban J connectivity index is 6.51. The van der Waals surface area contributed by atoms with Crippen LogP contribution in [0.15, 0.2) is 11.1 Å². The number of carboxylic acids is 2. The van der Waals surface area contributed by atoms with E-state index in [4.69, 9.17) is 0 Å². The summed E-state index contributed by atoms with van der Waals surface area (Å²) in [6.07, 6.45) is 1.17. The molecule has 2 N–H and O–H groups in total. The van der Waals surface area contributed by atoms with Gasteiger partial charge in [0.15, 0.2) is 0 Å². The third kappa shape index (κ3) is 6.66. The Morgan fingerprint density at radius 3 is 0.917 bits per heavy atom. The van der Waals surface area contributed by atoms with E-state index in [-0.39, 0.29) is 22.0 Å². The van der Waals surface area contributed by atoms with Crippen molar-refractivity contribution in [3.8, 4) is 0 Å². The van der Waals surface area contributed by atoms with E-state index in [1.165, 1.54) is 0 Å². The van der Waals surface area contributed by atoms with Crippen LogP contribution in [0, 0.1) is 21.7 Å². The number of aliphatic carboxylic acids is 2. The van der Waals surface area contributed by atoms with E-state index in [2.05, 4.69) is 0 Å². The first kappa shape index (κ1) is 22.7. The number of rotatable bonds is 6. The highest BCUT2D eigenvalue weighted by molar-refractivity contribution is 6.00. The van der Waals surface area contributed by atoms with Gasteiger partial charge in [0.1, 0.15) is 0 Å². The van der Waals surface area contributed by atoms with Crippen LogP contribution >= 0.6 is 0 Å². The molecule has 0 amide bonds. The summed E-state index contributed by atoms with van der Waals surface area (Å²) in [5, 5.41) is 19.7. The van der Waals surface area contributed by atoms with Gasteiger partial charge < -0.3 is 10.2 Å². The third-order valence-electron chi connectivity index (χ3n) is 3.98. The lowest BCUT2D eigenvalue weighted by Crippen LogP contribution is -2.35. The Kier molecular flexibility index (Phi) is 6.51. The van der Waals surface area contributed by atoms with Crippen molar-refractivity contribution in [2.45, 2.75) is 82.1 Å². The predicted octanol–water partition coefficient (Wildman–Crippen LogP) is 5.38. The summed E-state index contributed by atoms with van der Waals surface area (Å²) in [7, 11) is 0. The van der Waals surface area contributed by atoms with Crippen molar-refractivity contribution in [2.24, 2.45) is 21.7 Å². The lowest BCUT2D eigenvalue weighted by atomic mass is 9.64. The zero-order valence-corrected chi connectivity index (χ0v) is 17.1. The summed E-state index contributed by atoms with van der Waals surface area (Å²) in [5.74, 6) is -2.27. The molecule has 0 unspecified atom stereocenters. The van der Waals surface area contributed by atoms with E-state index in [0.29, 0.717) is 12.8 Å². The summed E-state index contributed by atoms with van der Waals surface area (Å²) < 4.78 is 0. The minimum atomic E-state index is -1.14. The van der Waals surface area contributed by atoms with Crippen molar-refractivity contribution in [3.05, 3.63) is 11.1 Å². The van der Waals surface area contributed by atoms with Crippen LogP contribution in [0.5, 0.6) is 0 Å². The molecule has 0 aliphatic carbocycles. The fourth-order valence-corrected chi connectivity index (χ4v) is 4.30. The predicted molar refractivity (Wildman–Crippen MR) is 98.0 cm³/mol. The molecule has 0 aliphatic heterocycles. The number of carboxylic acid groups (broad SMARTS) is 2. The summed E-state index contributed by atoms with van der Waals surface area (Å²) in [4.78, 5) is 24.1. The Labute approximate surface area is 147 Å². The molecular formula is C20H36O4. The maximum Gasteiger partial charge on any atom is 0.332 e. The highest BCUT2D eigenvalue weighted by atomic mass is 16.4. The van der Waals surface area contributed by atoms with Crippen molar-refractivity contribution in [1.29, 1.82) is 0 Å². The second-order valence-corrected chi connectivity index (χ2v) is 10.6. The first-order valence-electron chi connectivity index (χ1n) is 8.52. The van der Waals surface area contributed by atoms with Gasteiger partial charge in [-0.25, -0.2) is 9.59 Å². The van der Waals surface area contributed by atoms with Gasteiger partial charge in [-0.1, -0.05) is 69.2 Å². The van der Waals surface area contributed by atoms with Gasteiger partial charge in [0.05, 0.1) is 11.1 Å². The monoisotopic (exact) mass is 340 g/mol. The van der Waals surface area contributed by atoms with Crippen LogP contribution in [0.25, 0.3) is 0 Å². The van der Waals surface area contributed by atoms with E-state index in [0.717, 1.165) is 0 Å². The summed E-state index contributed by atoms with van der Waals surface area (Å²) in [6.45, 7) is 19.5. The lowest BCUT2D eigenvalue weighted by molar-refractivity contribution is -0.138. The van der Waals surface area contributed by atoms with Crippen molar-refractivity contribution < 1.29 is 19.8 Å². The molecule has 0 rings (SSSR count).